The average molecular weight is 597 g/mol. The number of imide groups is 1. The van der Waals surface area contributed by atoms with Gasteiger partial charge in [0, 0.05) is 23.0 Å². The van der Waals surface area contributed by atoms with E-state index in [2.05, 4.69) is 9.95 Å². The average Bonchev–Trinajstić information content (AvgIpc) is 3.08. The van der Waals surface area contributed by atoms with Crippen LogP contribution in [-0.2, 0) is 29.3 Å². The van der Waals surface area contributed by atoms with Gasteiger partial charge in [0.1, 0.15) is 26.6 Å². The number of carbonyl (C=O) groups is 4. The molecule has 0 bridgehead atoms. The van der Waals surface area contributed by atoms with E-state index in [9.17, 15) is 49.7 Å². The molecule has 1 N–H and O–H groups in total. The van der Waals surface area contributed by atoms with Gasteiger partial charge in [0.2, 0.25) is 0 Å². The second-order valence-corrected chi connectivity index (χ2v) is 10.8. The molecule has 37 heavy (non-hydrogen) atoms. The maximum absolute atomic E-state index is 13.9. The van der Waals surface area contributed by atoms with E-state index in [1.54, 1.807) is 0 Å². The quantitative estimate of drug-likeness (QED) is 0.0310. The monoisotopic (exact) mass is 597 g/mol. The fourth-order valence-electron chi connectivity index (χ4n) is 2.54. The van der Waals surface area contributed by atoms with Crippen LogP contribution in [0.1, 0.15) is 23.2 Å². The summed E-state index contributed by atoms with van der Waals surface area (Å²) in [7, 11) is -3.04. The zero-order chi connectivity index (χ0) is 27.2. The molecule has 1 aliphatic heterocycles. The minimum Gasteiger partial charge on any atom is -0.747 e. The maximum atomic E-state index is 13.9. The van der Waals surface area contributed by atoms with Gasteiger partial charge >= 0.3 is 35.5 Å². The van der Waals surface area contributed by atoms with Crippen LogP contribution in [0.5, 0.6) is 0 Å². The van der Waals surface area contributed by atoms with Gasteiger partial charge in [0.15, 0.2) is 23.3 Å². The van der Waals surface area contributed by atoms with Gasteiger partial charge < -0.3 is 14.7 Å². The van der Waals surface area contributed by atoms with Crippen molar-refractivity contribution in [1.82, 2.24) is 10.4 Å². The van der Waals surface area contributed by atoms with Crippen LogP contribution in [0.25, 0.3) is 10.4 Å². The van der Waals surface area contributed by atoms with Crippen molar-refractivity contribution in [3.05, 3.63) is 39.3 Å². The molecule has 196 valence electrons. The molecule has 1 aliphatic rings. The van der Waals surface area contributed by atoms with E-state index in [1.165, 1.54) is 0 Å². The largest absolute Gasteiger partial charge is 1.00 e. The molecule has 1 aromatic rings. The minimum atomic E-state index is -5.11. The van der Waals surface area contributed by atoms with Gasteiger partial charge in [-0.3, -0.25) is 14.4 Å². The van der Waals surface area contributed by atoms with Crippen LogP contribution in [0.2, 0.25) is 0 Å². The maximum Gasteiger partial charge on any atom is 1.00 e. The SMILES string of the molecule is [N-]=[N+]=Nc1c(F)c(F)c(C(=O)NCCSSCCC(=O)ON2C(=O)CC(S(=O)(=O)[O-])C2=O)c(F)c1F.[Na+]. The first-order chi connectivity index (χ1) is 16.8. The smallest absolute Gasteiger partial charge is 0.747 e. The summed E-state index contributed by atoms with van der Waals surface area (Å²) in [5.41, 5.74) is 5.07. The van der Waals surface area contributed by atoms with Gasteiger partial charge in [-0.1, -0.05) is 26.7 Å². The fourth-order valence-corrected chi connectivity index (χ4v) is 5.11. The molecule has 1 saturated heterocycles. The number of benzene rings is 1. The second kappa shape index (κ2) is 14.2. The number of halogens is 4. The third-order valence-electron chi connectivity index (χ3n) is 4.16. The number of hydrogen-bond acceptors (Lipinski definition) is 11. The van der Waals surface area contributed by atoms with E-state index in [0.717, 1.165) is 21.6 Å². The summed E-state index contributed by atoms with van der Waals surface area (Å²) in [6.45, 7) is -0.233. The number of hydrogen-bond donors (Lipinski definition) is 1. The van der Waals surface area contributed by atoms with Crippen LogP contribution >= 0.6 is 21.6 Å². The van der Waals surface area contributed by atoms with E-state index in [4.69, 9.17) is 5.53 Å². The summed E-state index contributed by atoms with van der Waals surface area (Å²) in [5, 5.41) is 2.27. The van der Waals surface area contributed by atoms with E-state index >= 15 is 0 Å². The third kappa shape index (κ3) is 8.21. The molecule has 1 atom stereocenters. The Bertz CT molecular complexity index is 1240. The molecule has 1 aromatic carbocycles. The molecule has 0 spiro atoms. The van der Waals surface area contributed by atoms with E-state index in [-0.39, 0.29) is 59.1 Å². The van der Waals surface area contributed by atoms with Crippen LogP contribution in [0.4, 0.5) is 23.2 Å². The number of nitrogens with one attached hydrogen (secondary N) is 1. The molecule has 13 nitrogen and oxygen atoms in total. The standard InChI is InChI=1S/C16H13F4N5O8S3.Na/c17-10-9(11(18)13(20)14(12(10)19)23-24-21)15(28)22-2-4-35-34-3-1-8(27)33-25-7(26)5-6(16(25)29)36(30,31)32;/h6H,1-5H2,(H,22,28)(H,30,31,32);/q;+1/p-1. The molecule has 0 aromatic heterocycles. The molecule has 3 amide bonds. The Labute approximate surface area is 235 Å². The Morgan fingerprint density at radius 2 is 1.70 bits per heavy atom. The van der Waals surface area contributed by atoms with Crippen molar-refractivity contribution in [1.29, 1.82) is 0 Å². The Morgan fingerprint density at radius 1 is 1.14 bits per heavy atom. The van der Waals surface area contributed by atoms with Crippen LogP contribution in [0.3, 0.4) is 0 Å². The van der Waals surface area contributed by atoms with E-state index in [0.29, 0.717) is 0 Å². The predicted octanol–water partition coefficient (Wildman–Crippen LogP) is -1.18. The van der Waals surface area contributed by atoms with Crippen molar-refractivity contribution < 1.29 is 84.1 Å². The van der Waals surface area contributed by atoms with Crippen molar-refractivity contribution in [2.24, 2.45) is 5.11 Å². The first-order valence-corrected chi connectivity index (χ1v) is 13.2. The molecule has 0 radical (unpaired) electrons. The summed E-state index contributed by atoms with van der Waals surface area (Å²) in [6, 6.07) is 0. The first kappa shape index (κ1) is 33.0. The Morgan fingerprint density at radius 3 is 2.22 bits per heavy atom. The molecule has 1 fully saturated rings. The van der Waals surface area contributed by atoms with Gasteiger partial charge in [-0.15, -0.1) is 5.06 Å². The zero-order valence-corrected chi connectivity index (χ0v) is 22.9. The Hall–Kier alpha value is -2.06. The number of hydroxylamine groups is 2. The van der Waals surface area contributed by atoms with Gasteiger partial charge in [-0.2, -0.15) is 0 Å². The second-order valence-electron chi connectivity index (χ2n) is 6.49. The van der Waals surface area contributed by atoms with Crippen LogP contribution < -0.4 is 34.9 Å². The van der Waals surface area contributed by atoms with E-state index in [1.807, 2.05) is 10.2 Å². The van der Waals surface area contributed by atoms with Gasteiger partial charge in [0.05, 0.1) is 12.8 Å². The van der Waals surface area contributed by atoms with Crippen molar-refractivity contribution >= 4 is 61.1 Å². The van der Waals surface area contributed by atoms with Crippen molar-refractivity contribution in [3.63, 3.8) is 0 Å². The fraction of sp³-hybridized carbons (Fsp3) is 0.375. The van der Waals surface area contributed by atoms with Gasteiger partial charge in [-0.25, -0.2) is 30.8 Å². The molecule has 21 heteroatoms. The van der Waals surface area contributed by atoms with Crippen LogP contribution in [0, 0.1) is 23.3 Å². The molecule has 1 heterocycles. The van der Waals surface area contributed by atoms with Crippen molar-refractivity contribution in [2.75, 3.05) is 18.1 Å². The van der Waals surface area contributed by atoms with Gasteiger partial charge in [-0.05, 0) is 5.53 Å². The summed E-state index contributed by atoms with van der Waals surface area (Å²) in [5.74, 6) is -13.3. The molecule has 1 unspecified atom stereocenters. The summed E-state index contributed by atoms with van der Waals surface area (Å²) >= 11 is 0. The number of amides is 3. The molecule has 0 saturated carbocycles. The van der Waals surface area contributed by atoms with Crippen LogP contribution in [-0.4, -0.2) is 65.0 Å². The Kier molecular flexibility index (Phi) is 12.6. The predicted molar refractivity (Wildman–Crippen MR) is 113 cm³/mol. The summed E-state index contributed by atoms with van der Waals surface area (Å²) < 4.78 is 88.1. The zero-order valence-electron chi connectivity index (χ0n) is 18.4. The van der Waals surface area contributed by atoms with Crippen LogP contribution in [0.15, 0.2) is 5.11 Å². The molecular formula is C16H12F4N5NaO8S3. The number of azide groups is 1. The number of rotatable bonds is 11. The normalized spacial score (nSPS) is 15.2. The van der Waals surface area contributed by atoms with Gasteiger partial charge in [0.25, 0.3) is 17.7 Å². The molecular weight excluding hydrogens is 585 g/mol. The minimum absolute atomic E-state index is 0. The number of nitrogens with zero attached hydrogens (tertiary/aromatic N) is 4. The number of carbonyl (C=O) groups excluding carboxylic acids is 4. The molecule has 0 aliphatic carbocycles. The van der Waals surface area contributed by atoms with E-state index < -0.39 is 80.0 Å². The summed E-state index contributed by atoms with van der Waals surface area (Å²) in [4.78, 5) is 53.5. The van der Waals surface area contributed by atoms with Crippen molar-refractivity contribution in [2.45, 2.75) is 18.1 Å². The third-order valence-corrected chi connectivity index (χ3v) is 7.63. The first-order valence-electron chi connectivity index (χ1n) is 9.27. The Balaban J connectivity index is 0.00000684. The molecule has 2 rings (SSSR count). The topological polar surface area (TPSA) is 199 Å². The van der Waals surface area contributed by atoms with Crippen molar-refractivity contribution in [3.8, 4) is 0 Å². The summed E-state index contributed by atoms with van der Waals surface area (Å²) in [6.07, 6.45) is -1.30.